The van der Waals surface area contributed by atoms with Crippen LogP contribution >= 0.6 is 23.1 Å². The van der Waals surface area contributed by atoms with E-state index in [0.29, 0.717) is 22.8 Å². The number of thiophene rings is 1. The number of hydrogen-bond acceptors (Lipinski definition) is 6. The van der Waals surface area contributed by atoms with Crippen molar-refractivity contribution in [2.45, 2.75) is 63.2 Å². The van der Waals surface area contributed by atoms with Crippen molar-refractivity contribution in [3.05, 3.63) is 17.5 Å². The van der Waals surface area contributed by atoms with Gasteiger partial charge in [-0.05, 0) is 38.1 Å². The molecule has 0 atom stereocenters. The molecule has 0 aliphatic heterocycles. The molecular formula is C17H25N5OS2. The van der Waals surface area contributed by atoms with Crippen molar-refractivity contribution in [2.75, 3.05) is 11.6 Å². The number of nitrogen functional groups attached to an aromatic ring is 1. The third kappa shape index (κ3) is 4.17. The van der Waals surface area contributed by atoms with Crippen molar-refractivity contribution in [1.82, 2.24) is 19.8 Å². The van der Waals surface area contributed by atoms with E-state index in [-0.39, 0.29) is 11.9 Å². The second-order valence-electron chi connectivity index (χ2n) is 6.63. The summed E-state index contributed by atoms with van der Waals surface area (Å²) in [5, 5.41) is 10.9. The molecular weight excluding hydrogens is 354 g/mol. The molecule has 1 amide bonds. The fourth-order valence-corrected chi connectivity index (χ4v) is 4.85. The molecule has 3 rings (SSSR count). The van der Waals surface area contributed by atoms with Gasteiger partial charge >= 0.3 is 0 Å². The molecule has 1 saturated carbocycles. The summed E-state index contributed by atoms with van der Waals surface area (Å²) in [4.78, 5) is 15.8. The number of hydrogen-bond donors (Lipinski definition) is 1. The molecule has 0 radical (unpaired) electrons. The molecule has 1 fully saturated rings. The van der Waals surface area contributed by atoms with Crippen molar-refractivity contribution in [3.63, 3.8) is 0 Å². The number of thioether (sulfide) groups is 1. The largest absolute Gasteiger partial charge is 0.337 e. The SMILES string of the molecule is CC(C)N(C(=O)CSc1nnc(-c2cccs2)n1N)C1CCCCC1. The molecule has 6 nitrogen and oxygen atoms in total. The summed E-state index contributed by atoms with van der Waals surface area (Å²) in [6.45, 7) is 4.19. The zero-order valence-corrected chi connectivity index (χ0v) is 16.4. The van der Waals surface area contributed by atoms with Crippen LogP contribution in [0.4, 0.5) is 0 Å². The smallest absolute Gasteiger partial charge is 0.233 e. The Bertz CT molecular complexity index is 692. The van der Waals surface area contributed by atoms with Crippen LogP contribution in [0.15, 0.2) is 22.7 Å². The van der Waals surface area contributed by atoms with E-state index in [1.165, 1.54) is 35.7 Å². The lowest BCUT2D eigenvalue weighted by atomic mass is 9.93. The van der Waals surface area contributed by atoms with Gasteiger partial charge in [-0.25, -0.2) is 4.68 Å². The number of nitrogens with zero attached hydrogens (tertiary/aromatic N) is 4. The third-order valence-electron chi connectivity index (χ3n) is 4.54. The highest BCUT2D eigenvalue weighted by Crippen LogP contribution is 2.27. The summed E-state index contributed by atoms with van der Waals surface area (Å²) >= 11 is 2.93. The topological polar surface area (TPSA) is 77.0 Å². The zero-order valence-electron chi connectivity index (χ0n) is 14.7. The normalized spacial score (nSPS) is 15.6. The Morgan fingerprint density at radius 1 is 1.40 bits per heavy atom. The highest BCUT2D eigenvalue weighted by Gasteiger charge is 2.28. The summed E-state index contributed by atoms with van der Waals surface area (Å²) in [7, 11) is 0. The predicted octanol–water partition coefficient (Wildman–Crippen LogP) is 3.38. The van der Waals surface area contributed by atoms with Gasteiger partial charge in [0.2, 0.25) is 11.1 Å². The molecule has 2 aromatic rings. The summed E-state index contributed by atoms with van der Waals surface area (Å²) in [6, 6.07) is 4.50. The van der Waals surface area contributed by atoms with Gasteiger partial charge in [0.15, 0.2) is 5.82 Å². The van der Waals surface area contributed by atoms with Crippen molar-refractivity contribution in [2.24, 2.45) is 0 Å². The van der Waals surface area contributed by atoms with E-state index in [9.17, 15) is 4.79 Å². The minimum Gasteiger partial charge on any atom is -0.337 e. The number of aromatic nitrogens is 3. The van der Waals surface area contributed by atoms with Crippen molar-refractivity contribution >= 4 is 29.0 Å². The Hall–Kier alpha value is -1.54. The fraction of sp³-hybridized carbons (Fsp3) is 0.588. The average molecular weight is 380 g/mol. The predicted molar refractivity (Wildman–Crippen MR) is 103 cm³/mol. The maximum Gasteiger partial charge on any atom is 0.233 e. The van der Waals surface area contributed by atoms with Crippen LogP contribution in [0.3, 0.4) is 0 Å². The average Bonchev–Trinajstić information content (AvgIpc) is 3.23. The summed E-state index contributed by atoms with van der Waals surface area (Å²) in [5.74, 6) is 7.25. The third-order valence-corrected chi connectivity index (χ3v) is 6.34. The van der Waals surface area contributed by atoms with E-state index in [0.717, 1.165) is 17.7 Å². The van der Waals surface area contributed by atoms with Crippen LogP contribution in [0.2, 0.25) is 0 Å². The lowest BCUT2D eigenvalue weighted by molar-refractivity contribution is -0.133. The van der Waals surface area contributed by atoms with Gasteiger partial charge in [-0.1, -0.05) is 37.1 Å². The first-order chi connectivity index (χ1) is 12.1. The second-order valence-corrected chi connectivity index (χ2v) is 8.52. The van der Waals surface area contributed by atoms with Gasteiger partial charge in [0.25, 0.3) is 0 Å². The monoisotopic (exact) mass is 379 g/mol. The van der Waals surface area contributed by atoms with E-state index in [2.05, 4.69) is 28.9 Å². The Kier molecular flexibility index (Phi) is 6.01. The van der Waals surface area contributed by atoms with Crippen LogP contribution in [0, 0.1) is 0 Å². The van der Waals surface area contributed by atoms with Gasteiger partial charge in [0.1, 0.15) is 0 Å². The lowest BCUT2D eigenvalue weighted by Gasteiger charge is -2.37. The summed E-state index contributed by atoms with van der Waals surface area (Å²) < 4.78 is 1.48. The van der Waals surface area contributed by atoms with Gasteiger partial charge in [-0.15, -0.1) is 21.5 Å². The van der Waals surface area contributed by atoms with Crippen molar-refractivity contribution in [3.8, 4) is 10.7 Å². The number of nitrogens with two attached hydrogens (primary N) is 1. The molecule has 0 saturated heterocycles. The van der Waals surface area contributed by atoms with Gasteiger partial charge in [0.05, 0.1) is 10.6 Å². The van der Waals surface area contributed by atoms with Crippen LogP contribution in [0.1, 0.15) is 46.0 Å². The van der Waals surface area contributed by atoms with E-state index in [1.54, 1.807) is 11.3 Å². The Morgan fingerprint density at radius 3 is 2.80 bits per heavy atom. The van der Waals surface area contributed by atoms with E-state index < -0.39 is 0 Å². The lowest BCUT2D eigenvalue weighted by Crippen LogP contribution is -2.46. The first-order valence-corrected chi connectivity index (χ1v) is 10.6. The molecule has 0 unspecified atom stereocenters. The molecule has 8 heteroatoms. The highest BCUT2D eigenvalue weighted by molar-refractivity contribution is 7.99. The number of carbonyl (C=O) groups excluding carboxylic acids is 1. The summed E-state index contributed by atoms with van der Waals surface area (Å²) in [5.41, 5.74) is 0. The van der Waals surface area contributed by atoms with Gasteiger partial charge in [0, 0.05) is 12.1 Å². The standard InChI is InChI=1S/C17H25N5OS2/c1-12(2)21(13-7-4-3-5-8-13)15(23)11-25-17-20-19-16(22(17)18)14-9-6-10-24-14/h6,9-10,12-13H,3-5,7-8,11,18H2,1-2H3. The quantitative estimate of drug-likeness (QED) is 0.615. The van der Waals surface area contributed by atoms with Crippen LogP contribution < -0.4 is 5.84 Å². The van der Waals surface area contributed by atoms with E-state index >= 15 is 0 Å². The van der Waals surface area contributed by atoms with Gasteiger partial charge in [-0.3, -0.25) is 4.79 Å². The van der Waals surface area contributed by atoms with Crippen LogP contribution in [0.5, 0.6) is 0 Å². The number of rotatable bonds is 6. The second kappa shape index (κ2) is 8.23. The Labute approximate surface area is 156 Å². The molecule has 0 spiro atoms. The maximum absolute atomic E-state index is 12.8. The highest BCUT2D eigenvalue weighted by atomic mass is 32.2. The van der Waals surface area contributed by atoms with Crippen molar-refractivity contribution < 1.29 is 4.79 Å². The molecule has 2 N–H and O–H groups in total. The first kappa shape index (κ1) is 18.3. The Morgan fingerprint density at radius 2 is 2.16 bits per heavy atom. The molecule has 0 bridgehead atoms. The molecule has 136 valence electrons. The van der Waals surface area contributed by atoms with Gasteiger partial charge < -0.3 is 10.7 Å². The van der Waals surface area contributed by atoms with Gasteiger partial charge in [-0.2, -0.15) is 0 Å². The summed E-state index contributed by atoms with van der Waals surface area (Å²) in [6.07, 6.45) is 5.95. The molecule has 2 heterocycles. The number of carbonyl (C=O) groups is 1. The van der Waals surface area contributed by atoms with Crippen LogP contribution in [-0.4, -0.2) is 43.5 Å². The van der Waals surface area contributed by atoms with E-state index in [4.69, 9.17) is 5.84 Å². The minimum atomic E-state index is 0.160. The molecule has 0 aromatic carbocycles. The van der Waals surface area contributed by atoms with Crippen LogP contribution in [0.25, 0.3) is 10.7 Å². The maximum atomic E-state index is 12.8. The van der Waals surface area contributed by atoms with Crippen LogP contribution in [-0.2, 0) is 4.79 Å². The molecule has 2 aromatic heterocycles. The number of amides is 1. The Balaban J connectivity index is 1.65. The molecule has 25 heavy (non-hydrogen) atoms. The zero-order chi connectivity index (χ0) is 17.8. The van der Waals surface area contributed by atoms with E-state index in [1.807, 2.05) is 17.5 Å². The van der Waals surface area contributed by atoms with Crippen molar-refractivity contribution in [1.29, 1.82) is 0 Å². The molecule has 1 aliphatic rings. The minimum absolute atomic E-state index is 0.160. The fourth-order valence-electron chi connectivity index (χ4n) is 3.42. The molecule has 1 aliphatic carbocycles. The first-order valence-electron chi connectivity index (χ1n) is 8.76.